The van der Waals surface area contributed by atoms with E-state index in [-0.39, 0.29) is 5.91 Å². The molecular formula is C31H38N4O2S. The zero-order valence-corrected chi connectivity index (χ0v) is 23.9. The van der Waals surface area contributed by atoms with Gasteiger partial charge in [0, 0.05) is 41.6 Å². The van der Waals surface area contributed by atoms with E-state index in [4.69, 9.17) is 9.72 Å². The average Bonchev–Trinajstić information content (AvgIpc) is 3.55. The summed E-state index contributed by atoms with van der Waals surface area (Å²) in [5, 5.41) is 6.19. The Morgan fingerprint density at radius 3 is 2.58 bits per heavy atom. The van der Waals surface area contributed by atoms with Crippen molar-refractivity contribution in [2.45, 2.75) is 59.9 Å². The standard InChI is InChI=1S/C31H38N4O2S/c1-6-8-9-23(7-2)17-33-30(36)27-16-29(28-20-38-31(34-28)25-13-10-21(3)32-18-25)35(22(27)4)19-24-11-14-26(37-5)15-12-24/h10-16,18,20,23H,6-9,17,19H2,1-5H3,(H,33,36). The number of amides is 1. The highest BCUT2D eigenvalue weighted by atomic mass is 32.1. The Morgan fingerprint density at radius 2 is 1.92 bits per heavy atom. The Hall–Kier alpha value is -3.45. The lowest BCUT2D eigenvalue weighted by Crippen LogP contribution is -2.29. The summed E-state index contributed by atoms with van der Waals surface area (Å²) in [7, 11) is 1.67. The summed E-state index contributed by atoms with van der Waals surface area (Å²) in [4.78, 5) is 22.8. The van der Waals surface area contributed by atoms with Crippen molar-refractivity contribution in [2.75, 3.05) is 13.7 Å². The van der Waals surface area contributed by atoms with E-state index in [0.717, 1.165) is 57.5 Å². The van der Waals surface area contributed by atoms with Crippen LogP contribution in [0.4, 0.5) is 0 Å². The van der Waals surface area contributed by atoms with Crippen LogP contribution in [0.15, 0.2) is 54.0 Å². The number of benzene rings is 1. The first-order valence-corrected chi connectivity index (χ1v) is 14.3. The van der Waals surface area contributed by atoms with E-state index in [1.54, 1.807) is 18.4 Å². The SMILES string of the molecule is CCCCC(CC)CNC(=O)c1cc(-c2csc(-c3ccc(C)nc3)n2)n(Cc2ccc(OC)cc2)c1C. The zero-order valence-electron chi connectivity index (χ0n) is 23.1. The summed E-state index contributed by atoms with van der Waals surface area (Å²) in [6.07, 6.45) is 6.44. The van der Waals surface area contributed by atoms with E-state index < -0.39 is 0 Å². The van der Waals surface area contributed by atoms with Gasteiger partial charge < -0.3 is 14.6 Å². The van der Waals surface area contributed by atoms with Crippen LogP contribution in [0, 0.1) is 19.8 Å². The highest BCUT2D eigenvalue weighted by Gasteiger charge is 2.21. The van der Waals surface area contributed by atoms with E-state index in [1.807, 2.05) is 50.4 Å². The van der Waals surface area contributed by atoms with E-state index in [1.165, 1.54) is 12.8 Å². The van der Waals surface area contributed by atoms with Crippen LogP contribution in [-0.2, 0) is 6.54 Å². The second kappa shape index (κ2) is 12.9. The van der Waals surface area contributed by atoms with Crippen LogP contribution in [0.25, 0.3) is 22.0 Å². The van der Waals surface area contributed by atoms with Gasteiger partial charge in [-0.2, -0.15) is 0 Å². The van der Waals surface area contributed by atoms with Gasteiger partial charge in [-0.25, -0.2) is 4.98 Å². The molecule has 0 bridgehead atoms. The smallest absolute Gasteiger partial charge is 0.253 e. The highest BCUT2D eigenvalue weighted by Crippen LogP contribution is 2.32. The van der Waals surface area contributed by atoms with Crippen molar-refractivity contribution in [1.29, 1.82) is 0 Å². The van der Waals surface area contributed by atoms with Gasteiger partial charge in [0.2, 0.25) is 0 Å². The Kier molecular flexibility index (Phi) is 9.34. The van der Waals surface area contributed by atoms with Crippen molar-refractivity contribution < 1.29 is 9.53 Å². The molecular weight excluding hydrogens is 492 g/mol. The number of pyridine rings is 1. The summed E-state index contributed by atoms with van der Waals surface area (Å²) in [6, 6.07) is 14.1. The van der Waals surface area contributed by atoms with Crippen LogP contribution < -0.4 is 10.1 Å². The first-order chi connectivity index (χ1) is 18.4. The molecule has 0 aliphatic rings. The number of carbonyl (C=O) groups excluding carboxylic acids is 1. The molecule has 0 saturated heterocycles. The molecule has 1 aromatic carbocycles. The summed E-state index contributed by atoms with van der Waals surface area (Å²) >= 11 is 1.59. The second-order valence-electron chi connectivity index (χ2n) is 9.82. The maximum atomic E-state index is 13.4. The molecule has 0 radical (unpaired) electrons. The number of carbonyl (C=O) groups is 1. The highest BCUT2D eigenvalue weighted by molar-refractivity contribution is 7.13. The second-order valence-corrected chi connectivity index (χ2v) is 10.7. The fraction of sp³-hybridized carbons (Fsp3) is 0.387. The third-order valence-electron chi connectivity index (χ3n) is 7.13. The molecule has 1 amide bonds. The number of hydrogen-bond donors (Lipinski definition) is 1. The van der Waals surface area contributed by atoms with Gasteiger partial charge in [-0.3, -0.25) is 9.78 Å². The van der Waals surface area contributed by atoms with E-state index in [9.17, 15) is 4.79 Å². The van der Waals surface area contributed by atoms with Crippen LogP contribution in [0.1, 0.15) is 66.8 Å². The maximum absolute atomic E-state index is 13.4. The molecule has 6 nitrogen and oxygen atoms in total. The van der Waals surface area contributed by atoms with Gasteiger partial charge in [0.25, 0.3) is 5.91 Å². The summed E-state index contributed by atoms with van der Waals surface area (Å²) in [5.74, 6) is 1.30. The van der Waals surface area contributed by atoms with Gasteiger partial charge in [-0.15, -0.1) is 11.3 Å². The van der Waals surface area contributed by atoms with Gasteiger partial charge in [0.1, 0.15) is 10.8 Å². The average molecular weight is 531 g/mol. The number of hydrogen-bond acceptors (Lipinski definition) is 5. The molecule has 7 heteroatoms. The number of rotatable bonds is 12. The molecule has 4 aromatic rings. The molecule has 4 rings (SSSR count). The molecule has 0 aliphatic carbocycles. The van der Waals surface area contributed by atoms with Crippen molar-refractivity contribution in [3.05, 3.63) is 76.6 Å². The lowest BCUT2D eigenvalue weighted by molar-refractivity contribution is 0.0945. The topological polar surface area (TPSA) is 69.0 Å². The van der Waals surface area contributed by atoms with Crippen LogP contribution in [-0.4, -0.2) is 34.1 Å². The number of thiazole rings is 1. The Morgan fingerprint density at radius 1 is 1.13 bits per heavy atom. The molecule has 1 N–H and O–H groups in total. The summed E-state index contributed by atoms with van der Waals surface area (Å²) in [5.41, 5.74) is 6.52. The first kappa shape index (κ1) is 27.6. The minimum Gasteiger partial charge on any atom is -0.497 e. The first-order valence-electron chi connectivity index (χ1n) is 13.4. The number of aryl methyl sites for hydroxylation is 1. The Balaban J connectivity index is 1.66. The number of nitrogens with one attached hydrogen (secondary N) is 1. The van der Waals surface area contributed by atoms with E-state index in [2.05, 4.69) is 46.2 Å². The van der Waals surface area contributed by atoms with Gasteiger partial charge in [-0.1, -0.05) is 45.2 Å². The van der Waals surface area contributed by atoms with Gasteiger partial charge in [-0.05, 0) is 62.1 Å². The zero-order chi connectivity index (χ0) is 27.1. The molecule has 1 unspecified atom stereocenters. The maximum Gasteiger partial charge on any atom is 0.253 e. The number of aromatic nitrogens is 3. The molecule has 3 heterocycles. The van der Waals surface area contributed by atoms with Crippen LogP contribution in [0.5, 0.6) is 5.75 Å². The predicted molar refractivity (Wildman–Crippen MR) is 156 cm³/mol. The van der Waals surface area contributed by atoms with Gasteiger partial charge in [0.15, 0.2) is 0 Å². The van der Waals surface area contributed by atoms with Crippen LogP contribution in [0.3, 0.4) is 0 Å². The Labute approximate surface area is 230 Å². The molecule has 38 heavy (non-hydrogen) atoms. The molecule has 0 aliphatic heterocycles. The van der Waals surface area contributed by atoms with Crippen molar-refractivity contribution >= 4 is 17.2 Å². The molecule has 3 aromatic heterocycles. The van der Waals surface area contributed by atoms with Crippen LogP contribution >= 0.6 is 11.3 Å². The lowest BCUT2D eigenvalue weighted by Gasteiger charge is -2.15. The minimum absolute atomic E-state index is 0.0228. The minimum atomic E-state index is -0.0228. The van der Waals surface area contributed by atoms with Gasteiger partial charge >= 0.3 is 0 Å². The summed E-state index contributed by atoms with van der Waals surface area (Å²) in [6.45, 7) is 9.74. The van der Waals surface area contributed by atoms with E-state index >= 15 is 0 Å². The quantitative estimate of drug-likeness (QED) is 0.209. The fourth-order valence-electron chi connectivity index (χ4n) is 4.60. The van der Waals surface area contributed by atoms with Crippen molar-refractivity contribution in [3.63, 3.8) is 0 Å². The van der Waals surface area contributed by atoms with Crippen molar-refractivity contribution in [3.8, 4) is 27.7 Å². The molecule has 200 valence electrons. The lowest BCUT2D eigenvalue weighted by atomic mass is 9.99. The molecule has 1 atom stereocenters. The molecule has 0 fully saturated rings. The van der Waals surface area contributed by atoms with Crippen LogP contribution in [0.2, 0.25) is 0 Å². The number of ether oxygens (including phenoxy) is 1. The van der Waals surface area contributed by atoms with Gasteiger partial charge in [0.05, 0.1) is 24.1 Å². The largest absolute Gasteiger partial charge is 0.497 e. The van der Waals surface area contributed by atoms with Crippen molar-refractivity contribution in [2.24, 2.45) is 5.92 Å². The normalized spacial score (nSPS) is 11.9. The molecule has 0 spiro atoms. The number of methoxy groups -OCH3 is 1. The Bertz CT molecular complexity index is 1340. The number of unbranched alkanes of at least 4 members (excludes halogenated alkanes) is 1. The third kappa shape index (κ3) is 6.51. The van der Waals surface area contributed by atoms with Crippen molar-refractivity contribution in [1.82, 2.24) is 19.9 Å². The summed E-state index contributed by atoms with van der Waals surface area (Å²) < 4.78 is 7.52. The third-order valence-corrected chi connectivity index (χ3v) is 8.02. The fourth-order valence-corrected chi connectivity index (χ4v) is 5.40. The number of nitrogens with zero attached hydrogens (tertiary/aromatic N) is 3. The monoisotopic (exact) mass is 530 g/mol. The van der Waals surface area contributed by atoms with E-state index in [0.29, 0.717) is 24.6 Å². The molecule has 0 saturated carbocycles. The predicted octanol–water partition coefficient (Wildman–Crippen LogP) is 7.29.